The summed E-state index contributed by atoms with van der Waals surface area (Å²) in [7, 11) is 0. The zero-order chi connectivity index (χ0) is 15.1. The van der Waals surface area contributed by atoms with Crippen molar-refractivity contribution in [2.24, 2.45) is 0 Å². The molecule has 112 valence electrons. The molecule has 0 saturated carbocycles. The normalized spacial score (nSPS) is 10.6. The van der Waals surface area contributed by atoms with Crippen molar-refractivity contribution < 1.29 is 9.84 Å². The molecular formula is C18H23NO2. The molecule has 2 N–H and O–H groups in total. The number of aryl methyl sites for hydroxylation is 1. The maximum absolute atomic E-state index is 9.03. The highest BCUT2D eigenvalue weighted by Crippen LogP contribution is 2.24. The maximum atomic E-state index is 9.03. The number of aliphatic hydroxyl groups is 1. The average Bonchev–Trinajstić information content (AvgIpc) is 2.50. The molecule has 3 heteroatoms. The van der Waals surface area contributed by atoms with Crippen LogP contribution >= 0.6 is 0 Å². The highest BCUT2D eigenvalue weighted by molar-refractivity contribution is 5.38. The quantitative estimate of drug-likeness (QED) is 0.761. The molecular weight excluding hydrogens is 262 g/mol. The first-order valence-electron chi connectivity index (χ1n) is 7.41. The van der Waals surface area contributed by atoms with Gasteiger partial charge in [0.05, 0.1) is 6.61 Å². The molecule has 0 amide bonds. The zero-order valence-electron chi connectivity index (χ0n) is 12.7. The fourth-order valence-corrected chi connectivity index (χ4v) is 2.13. The second-order valence-corrected chi connectivity index (χ2v) is 5.17. The SMILES string of the molecule is CCCNCc1ccc(Oc2ccc(CO)cc2)cc1C. The molecule has 2 aromatic rings. The second kappa shape index (κ2) is 7.81. The first-order chi connectivity index (χ1) is 10.2. The Labute approximate surface area is 126 Å². The molecule has 0 aromatic heterocycles. The number of ether oxygens (including phenoxy) is 1. The molecule has 0 saturated heterocycles. The van der Waals surface area contributed by atoms with Gasteiger partial charge in [0.25, 0.3) is 0 Å². The summed E-state index contributed by atoms with van der Waals surface area (Å²) in [6.07, 6.45) is 1.14. The van der Waals surface area contributed by atoms with Crippen LogP contribution in [0.1, 0.15) is 30.0 Å². The van der Waals surface area contributed by atoms with E-state index in [1.54, 1.807) is 0 Å². The highest BCUT2D eigenvalue weighted by Gasteiger charge is 2.02. The molecule has 0 radical (unpaired) electrons. The zero-order valence-corrected chi connectivity index (χ0v) is 12.7. The molecule has 0 aliphatic rings. The monoisotopic (exact) mass is 285 g/mol. The predicted molar refractivity (Wildman–Crippen MR) is 85.6 cm³/mol. The molecule has 0 heterocycles. The van der Waals surface area contributed by atoms with Crippen LogP contribution in [0.25, 0.3) is 0 Å². The highest BCUT2D eigenvalue weighted by atomic mass is 16.5. The van der Waals surface area contributed by atoms with E-state index in [9.17, 15) is 0 Å². The van der Waals surface area contributed by atoms with Crippen LogP contribution < -0.4 is 10.1 Å². The molecule has 0 fully saturated rings. The van der Waals surface area contributed by atoms with Crippen molar-refractivity contribution in [3.05, 3.63) is 59.2 Å². The molecule has 0 spiro atoms. The van der Waals surface area contributed by atoms with Gasteiger partial charge in [-0.3, -0.25) is 0 Å². The molecule has 2 aromatic carbocycles. The third-order valence-corrected chi connectivity index (χ3v) is 3.40. The van der Waals surface area contributed by atoms with Gasteiger partial charge in [-0.2, -0.15) is 0 Å². The van der Waals surface area contributed by atoms with Gasteiger partial charge in [0.2, 0.25) is 0 Å². The smallest absolute Gasteiger partial charge is 0.127 e. The van der Waals surface area contributed by atoms with Gasteiger partial charge in [0.1, 0.15) is 11.5 Å². The van der Waals surface area contributed by atoms with E-state index in [1.807, 2.05) is 30.3 Å². The van der Waals surface area contributed by atoms with E-state index in [4.69, 9.17) is 9.84 Å². The Bertz CT molecular complexity index is 564. The number of hydrogen-bond acceptors (Lipinski definition) is 3. The Balaban J connectivity index is 2.01. The number of hydrogen-bond donors (Lipinski definition) is 2. The Morgan fingerprint density at radius 1 is 1.05 bits per heavy atom. The lowest BCUT2D eigenvalue weighted by Gasteiger charge is -2.11. The largest absolute Gasteiger partial charge is 0.457 e. The fraction of sp³-hybridized carbons (Fsp3) is 0.333. The van der Waals surface area contributed by atoms with Gasteiger partial charge < -0.3 is 15.2 Å². The number of aliphatic hydroxyl groups excluding tert-OH is 1. The molecule has 0 aliphatic heterocycles. The fourth-order valence-electron chi connectivity index (χ4n) is 2.13. The van der Waals surface area contributed by atoms with E-state index < -0.39 is 0 Å². The standard InChI is InChI=1S/C18H23NO2/c1-3-10-19-12-16-6-9-18(11-14(16)2)21-17-7-4-15(13-20)5-8-17/h4-9,11,19-20H,3,10,12-13H2,1-2H3. The van der Waals surface area contributed by atoms with Crippen molar-refractivity contribution >= 4 is 0 Å². The first kappa shape index (κ1) is 15.5. The molecule has 3 nitrogen and oxygen atoms in total. The van der Waals surface area contributed by atoms with Crippen LogP contribution in [-0.2, 0) is 13.2 Å². The lowest BCUT2D eigenvalue weighted by atomic mass is 10.1. The molecule has 0 bridgehead atoms. The summed E-state index contributed by atoms with van der Waals surface area (Å²) >= 11 is 0. The summed E-state index contributed by atoms with van der Waals surface area (Å²) in [4.78, 5) is 0. The van der Waals surface area contributed by atoms with E-state index in [0.717, 1.165) is 36.6 Å². The first-order valence-corrected chi connectivity index (χ1v) is 7.41. The topological polar surface area (TPSA) is 41.5 Å². The molecule has 21 heavy (non-hydrogen) atoms. The summed E-state index contributed by atoms with van der Waals surface area (Å²) in [5, 5.41) is 12.4. The van der Waals surface area contributed by atoms with Crippen LogP contribution in [0, 0.1) is 6.92 Å². The Morgan fingerprint density at radius 3 is 2.38 bits per heavy atom. The van der Waals surface area contributed by atoms with Gasteiger partial charge >= 0.3 is 0 Å². The summed E-state index contributed by atoms with van der Waals surface area (Å²) in [5.74, 6) is 1.62. The molecule has 0 aliphatic carbocycles. The maximum Gasteiger partial charge on any atom is 0.127 e. The van der Waals surface area contributed by atoms with Crippen LogP contribution in [0.4, 0.5) is 0 Å². The lowest BCUT2D eigenvalue weighted by Crippen LogP contribution is -2.14. The van der Waals surface area contributed by atoms with E-state index in [1.165, 1.54) is 11.1 Å². The predicted octanol–water partition coefficient (Wildman–Crippen LogP) is 3.78. The Morgan fingerprint density at radius 2 is 1.76 bits per heavy atom. The molecule has 0 unspecified atom stereocenters. The molecule has 0 atom stereocenters. The van der Waals surface area contributed by atoms with Crippen molar-refractivity contribution in [1.82, 2.24) is 5.32 Å². The summed E-state index contributed by atoms with van der Waals surface area (Å²) in [6, 6.07) is 13.6. The van der Waals surface area contributed by atoms with Crippen molar-refractivity contribution in [3.63, 3.8) is 0 Å². The van der Waals surface area contributed by atoms with Crippen molar-refractivity contribution in [1.29, 1.82) is 0 Å². The number of rotatable bonds is 7. The number of benzene rings is 2. The summed E-state index contributed by atoms with van der Waals surface area (Å²) in [5.41, 5.74) is 3.41. The van der Waals surface area contributed by atoms with E-state index in [2.05, 4.69) is 31.3 Å². The van der Waals surface area contributed by atoms with E-state index >= 15 is 0 Å². The van der Waals surface area contributed by atoms with Crippen LogP contribution in [0.5, 0.6) is 11.5 Å². The van der Waals surface area contributed by atoms with Gasteiger partial charge in [0, 0.05) is 6.54 Å². The van der Waals surface area contributed by atoms with Crippen molar-refractivity contribution in [3.8, 4) is 11.5 Å². The van der Waals surface area contributed by atoms with E-state index in [-0.39, 0.29) is 6.61 Å². The summed E-state index contributed by atoms with van der Waals surface area (Å²) < 4.78 is 5.84. The van der Waals surface area contributed by atoms with Gasteiger partial charge in [-0.15, -0.1) is 0 Å². The van der Waals surface area contributed by atoms with Gasteiger partial charge in [-0.25, -0.2) is 0 Å². The third kappa shape index (κ3) is 4.59. The van der Waals surface area contributed by atoms with Gasteiger partial charge in [0.15, 0.2) is 0 Å². The minimum absolute atomic E-state index is 0.0544. The van der Waals surface area contributed by atoms with E-state index in [0.29, 0.717) is 0 Å². The van der Waals surface area contributed by atoms with Crippen LogP contribution in [0.2, 0.25) is 0 Å². The minimum Gasteiger partial charge on any atom is -0.457 e. The van der Waals surface area contributed by atoms with Gasteiger partial charge in [-0.05, 0) is 60.8 Å². The average molecular weight is 285 g/mol. The second-order valence-electron chi connectivity index (χ2n) is 5.17. The van der Waals surface area contributed by atoms with Crippen LogP contribution in [-0.4, -0.2) is 11.7 Å². The number of nitrogens with one attached hydrogen (secondary N) is 1. The minimum atomic E-state index is 0.0544. The van der Waals surface area contributed by atoms with Crippen molar-refractivity contribution in [2.45, 2.75) is 33.4 Å². The van der Waals surface area contributed by atoms with Gasteiger partial charge in [-0.1, -0.05) is 25.1 Å². The lowest BCUT2D eigenvalue weighted by molar-refractivity contribution is 0.281. The Hall–Kier alpha value is -1.84. The van der Waals surface area contributed by atoms with Crippen LogP contribution in [0.3, 0.4) is 0 Å². The third-order valence-electron chi connectivity index (χ3n) is 3.40. The Kier molecular flexibility index (Phi) is 5.78. The van der Waals surface area contributed by atoms with Crippen LogP contribution in [0.15, 0.2) is 42.5 Å². The summed E-state index contributed by atoms with van der Waals surface area (Å²) in [6.45, 7) is 6.25. The van der Waals surface area contributed by atoms with Crippen molar-refractivity contribution in [2.75, 3.05) is 6.54 Å². The molecule has 2 rings (SSSR count).